The number of fused-ring (bicyclic) bond motifs is 1. The molecule has 0 saturated carbocycles. The molecule has 3 heterocycles. The topological polar surface area (TPSA) is 91.4 Å². The summed E-state index contributed by atoms with van der Waals surface area (Å²) in [7, 11) is 0. The number of carbonyl (C=O) groups is 1. The van der Waals surface area contributed by atoms with E-state index >= 15 is 0 Å². The van der Waals surface area contributed by atoms with E-state index in [0.717, 1.165) is 46.6 Å². The van der Waals surface area contributed by atoms with E-state index < -0.39 is 6.10 Å². The molecule has 184 valence electrons. The molecule has 1 saturated heterocycles. The van der Waals surface area contributed by atoms with Crippen molar-refractivity contribution in [2.75, 3.05) is 26.2 Å². The molecule has 0 amide bonds. The molecule has 7 nitrogen and oxygen atoms in total. The van der Waals surface area contributed by atoms with Crippen molar-refractivity contribution in [3.05, 3.63) is 58.9 Å². The highest BCUT2D eigenvalue weighted by Gasteiger charge is 2.25. The van der Waals surface area contributed by atoms with Gasteiger partial charge in [-0.1, -0.05) is 13.3 Å². The minimum Gasteiger partial charge on any atom is -0.466 e. The van der Waals surface area contributed by atoms with E-state index in [-0.39, 0.29) is 18.3 Å². The maximum absolute atomic E-state index is 12.1. The first-order valence-corrected chi connectivity index (χ1v) is 12.5. The van der Waals surface area contributed by atoms with Crippen LogP contribution in [0.3, 0.4) is 0 Å². The number of aliphatic hydroxyl groups excluding tert-OH is 1. The molecule has 7 heteroatoms. The van der Waals surface area contributed by atoms with Crippen LogP contribution in [0.2, 0.25) is 0 Å². The van der Waals surface area contributed by atoms with Gasteiger partial charge in [0.1, 0.15) is 0 Å². The van der Waals surface area contributed by atoms with Gasteiger partial charge in [0, 0.05) is 29.7 Å². The van der Waals surface area contributed by atoms with Crippen LogP contribution in [0, 0.1) is 18.3 Å². The molecule has 0 aliphatic carbocycles. The Hall–Kier alpha value is -3.21. The summed E-state index contributed by atoms with van der Waals surface area (Å²) in [6.07, 6.45) is 5.01. The number of hydrogen-bond donors (Lipinski definition) is 1. The highest BCUT2D eigenvalue weighted by Crippen LogP contribution is 2.35. The van der Waals surface area contributed by atoms with E-state index in [1.807, 2.05) is 32.2 Å². The fourth-order valence-electron chi connectivity index (χ4n) is 5.07. The Labute approximate surface area is 206 Å². The number of nitrogens with zero attached hydrogens (tertiary/aromatic N) is 4. The van der Waals surface area contributed by atoms with Crippen LogP contribution in [0.25, 0.3) is 16.7 Å². The Balaban J connectivity index is 1.78. The van der Waals surface area contributed by atoms with Gasteiger partial charge in [0.25, 0.3) is 0 Å². The Kier molecular flexibility index (Phi) is 7.84. The van der Waals surface area contributed by atoms with Gasteiger partial charge in [-0.3, -0.25) is 9.78 Å². The van der Waals surface area contributed by atoms with Crippen LogP contribution < -0.4 is 0 Å². The lowest BCUT2D eigenvalue weighted by Crippen LogP contribution is -2.33. The third kappa shape index (κ3) is 5.39. The summed E-state index contributed by atoms with van der Waals surface area (Å²) in [5.41, 5.74) is 5.85. The van der Waals surface area contributed by atoms with E-state index in [4.69, 9.17) is 9.72 Å². The lowest BCUT2D eigenvalue weighted by molar-refractivity contribution is -0.143. The summed E-state index contributed by atoms with van der Waals surface area (Å²) in [4.78, 5) is 19.2. The number of hydrogen-bond acceptors (Lipinski definition) is 6. The number of aliphatic hydroxyl groups is 1. The quantitative estimate of drug-likeness (QED) is 0.473. The summed E-state index contributed by atoms with van der Waals surface area (Å²) in [6, 6.07) is 11.7. The molecule has 3 aromatic rings. The van der Waals surface area contributed by atoms with Crippen molar-refractivity contribution in [3.63, 3.8) is 0 Å². The second kappa shape index (κ2) is 11.0. The second-order valence-corrected chi connectivity index (χ2v) is 9.42. The van der Waals surface area contributed by atoms with Crippen molar-refractivity contribution in [3.8, 4) is 11.8 Å². The first-order chi connectivity index (χ1) is 16.9. The lowest BCUT2D eigenvalue weighted by atomic mass is 9.98. The Morgan fingerprint density at radius 2 is 1.94 bits per heavy atom. The summed E-state index contributed by atoms with van der Waals surface area (Å²) in [6.45, 7) is 8.77. The molecular formula is C28H34N4O3. The SMILES string of the molecule is CCOC(=O)C[C@H](C)c1cnc2c(C(O)CN3CCCCC3)c(C)n(-c3ccc(C#N)cc3)c2c1. The summed E-state index contributed by atoms with van der Waals surface area (Å²) in [5, 5.41) is 20.6. The zero-order valence-corrected chi connectivity index (χ0v) is 20.8. The molecule has 1 unspecified atom stereocenters. The molecule has 4 rings (SSSR count). The Morgan fingerprint density at radius 3 is 2.60 bits per heavy atom. The largest absolute Gasteiger partial charge is 0.466 e. The second-order valence-electron chi connectivity index (χ2n) is 9.42. The molecule has 1 N–H and O–H groups in total. The molecular weight excluding hydrogens is 440 g/mol. The van der Waals surface area contributed by atoms with E-state index in [9.17, 15) is 15.2 Å². The third-order valence-corrected chi connectivity index (χ3v) is 6.92. The molecule has 1 aromatic carbocycles. The highest BCUT2D eigenvalue weighted by atomic mass is 16.5. The number of piperidine rings is 1. The van der Waals surface area contributed by atoms with Gasteiger partial charge < -0.3 is 19.3 Å². The lowest BCUT2D eigenvalue weighted by Gasteiger charge is -2.28. The maximum atomic E-state index is 12.1. The molecule has 35 heavy (non-hydrogen) atoms. The van der Waals surface area contributed by atoms with Crippen LogP contribution in [0.4, 0.5) is 0 Å². The van der Waals surface area contributed by atoms with Crippen LogP contribution in [-0.2, 0) is 9.53 Å². The third-order valence-electron chi connectivity index (χ3n) is 6.92. The zero-order chi connectivity index (χ0) is 24.9. The number of esters is 1. The van der Waals surface area contributed by atoms with Crippen LogP contribution in [-0.4, -0.2) is 51.8 Å². The average molecular weight is 475 g/mol. The minimum atomic E-state index is -0.662. The standard InChI is InChI=1S/C28H34N4O3/c1-4-35-26(34)14-19(2)22-15-24-28(30-17-22)27(25(33)18-31-12-6-5-7-13-31)20(3)32(24)23-10-8-21(16-29)9-11-23/h8-11,15,17,19,25,33H,4-7,12-14,18H2,1-3H3/t19-,25?/m0/s1. The molecule has 1 aliphatic heterocycles. The van der Waals surface area contributed by atoms with Crippen LogP contribution >= 0.6 is 0 Å². The van der Waals surface area contributed by atoms with Gasteiger partial charge in [0.05, 0.1) is 41.8 Å². The number of nitriles is 1. The van der Waals surface area contributed by atoms with Gasteiger partial charge in [-0.2, -0.15) is 5.26 Å². The van der Waals surface area contributed by atoms with Crippen molar-refractivity contribution >= 4 is 17.0 Å². The maximum Gasteiger partial charge on any atom is 0.306 e. The van der Waals surface area contributed by atoms with Crippen LogP contribution in [0.15, 0.2) is 36.5 Å². The first kappa shape index (κ1) is 24.9. The zero-order valence-electron chi connectivity index (χ0n) is 20.8. The predicted octanol–water partition coefficient (Wildman–Crippen LogP) is 4.78. The number of pyridine rings is 1. The highest BCUT2D eigenvalue weighted by molar-refractivity contribution is 5.85. The van der Waals surface area contributed by atoms with Crippen molar-refractivity contribution in [2.24, 2.45) is 0 Å². The molecule has 0 bridgehead atoms. The molecule has 1 aliphatic rings. The van der Waals surface area contributed by atoms with Gasteiger partial charge in [-0.05, 0) is 81.6 Å². The van der Waals surface area contributed by atoms with E-state index in [0.29, 0.717) is 18.7 Å². The van der Waals surface area contributed by atoms with Crippen LogP contribution in [0.5, 0.6) is 0 Å². The predicted molar refractivity (Wildman–Crippen MR) is 135 cm³/mol. The molecule has 2 aromatic heterocycles. The fraction of sp³-hybridized carbons (Fsp3) is 0.464. The van der Waals surface area contributed by atoms with E-state index in [1.165, 1.54) is 19.3 Å². The van der Waals surface area contributed by atoms with Gasteiger partial charge in [0.15, 0.2) is 0 Å². The fourth-order valence-corrected chi connectivity index (χ4v) is 5.07. The smallest absolute Gasteiger partial charge is 0.306 e. The number of carbonyl (C=O) groups excluding carboxylic acids is 1. The number of likely N-dealkylation sites (tertiary alicyclic amines) is 1. The Bertz CT molecular complexity index is 1220. The van der Waals surface area contributed by atoms with Crippen molar-refractivity contribution in [2.45, 2.75) is 58.5 Å². The van der Waals surface area contributed by atoms with Crippen molar-refractivity contribution in [1.82, 2.24) is 14.5 Å². The number of β-amino-alcohol motifs (C(OH)–C–C–N with tert-alkyl or cyclic N) is 1. The number of ether oxygens (including phenoxy) is 1. The van der Waals surface area contributed by atoms with Crippen molar-refractivity contribution < 1.29 is 14.6 Å². The number of aromatic nitrogens is 2. The van der Waals surface area contributed by atoms with Gasteiger partial charge in [0.2, 0.25) is 0 Å². The van der Waals surface area contributed by atoms with Crippen LogP contribution in [0.1, 0.15) is 73.9 Å². The first-order valence-electron chi connectivity index (χ1n) is 12.5. The van der Waals surface area contributed by atoms with E-state index in [2.05, 4.69) is 21.6 Å². The average Bonchev–Trinajstić information content (AvgIpc) is 3.15. The molecule has 0 spiro atoms. The van der Waals surface area contributed by atoms with Gasteiger partial charge in [-0.15, -0.1) is 0 Å². The molecule has 1 fully saturated rings. The van der Waals surface area contributed by atoms with Gasteiger partial charge >= 0.3 is 5.97 Å². The monoisotopic (exact) mass is 474 g/mol. The number of rotatable bonds is 8. The summed E-state index contributed by atoms with van der Waals surface area (Å²) < 4.78 is 7.23. The Morgan fingerprint density at radius 1 is 1.23 bits per heavy atom. The van der Waals surface area contributed by atoms with E-state index in [1.54, 1.807) is 19.1 Å². The minimum absolute atomic E-state index is 0.0581. The number of benzene rings is 1. The van der Waals surface area contributed by atoms with Crippen molar-refractivity contribution in [1.29, 1.82) is 5.26 Å². The molecule has 2 atom stereocenters. The summed E-state index contributed by atoms with van der Waals surface area (Å²) in [5.74, 6) is -0.284. The normalized spacial score (nSPS) is 16.1. The molecule has 0 radical (unpaired) electrons. The van der Waals surface area contributed by atoms with Gasteiger partial charge in [-0.25, -0.2) is 0 Å². The summed E-state index contributed by atoms with van der Waals surface area (Å²) >= 11 is 0.